The van der Waals surface area contributed by atoms with E-state index in [1.165, 1.54) is 12.1 Å². The highest BCUT2D eigenvalue weighted by Gasteiger charge is 2.50. The van der Waals surface area contributed by atoms with E-state index < -0.39 is 40.5 Å². The summed E-state index contributed by atoms with van der Waals surface area (Å²) in [5.74, 6) is 1.31. The molecule has 2 N–H and O–H groups in total. The lowest BCUT2D eigenvalue weighted by Gasteiger charge is -2.18. The summed E-state index contributed by atoms with van der Waals surface area (Å²) in [4.78, 5) is 12.4. The molecule has 0 radical (unpaired) electrons. The first-order chi connectivity index (χ1) is 17.9. The van der Waals surface area contributed by atoms with E-state index >= 15 is 0 Å². The van der Waals surface area contributed by atoms with Crippen LogP contribution < -0.4 is 14.8 Å². The van der Waals surface area contributed by atoms with Crippen LogP contribution in [0.4, 0.5) is 10.5 Å². The number of benzene rings is 3. The maximum absolute atomic E-state index is 12.9. The van der Waals surface area contributed by atoms with Gasteiger partial charge in [-0.15, -0.1) is 0 Å². The number of hydrogen-bond donors (Lipinski definition) is 2. The van der Waals surface area contributed by atoms with Crippen LogP contribution in [0.25, 0.3) is 0 Å². The normalized spacial score (nSPS) is 22.6. The van der Waals surface area contributed by atoms with Crippen molar-refractivity contribution >= 4 is 21.8 Å². The predicted octanol–water partition coefficient (Wildman–Crippen LogP) is 3.41. The van der Waals surface area contributed by atoms with Crippen molar-refractivity contribution in [2.45, 2.75) is 29.2 Å². The zero-order chi connectivity index (χ0) is 25.8. The molecule has 0 aromatic heterocycles. The molecule has 10 nitrogen and oxygen atoms in total. The molecule has 0 unspecified atom stereocenters. The first-order valence-corrected chi connectivity index (χ1v) is 13.0. The predicted molar refractivity (Wildman–Crippen MR) is 132 cm³/mol. The molecule has 2 aliphatic heterocycles. The summed E-state index contributed by atoms with van der Waals surface area (Å²) in [5.41, 5.74) is 0.547. The molecule has 0 aliphatic carbocycles. The van der Waals surface area contributed by atoms with Crippen molar-refractivity contribution in [1.29, 1.82) is 5.26 Å². The number of carbonyl (C=O) groups excluding carboxylic acids is 1. The summed E-state index contributed by atoms with van der Waals surface area (Å²) in [7, 11) is -3.99. The Morgan fingerprint density at radius 2 is 1.57 bits per heavy atom. The van der Waals surface area contributed by atoms with Gasteiger partial charge in [0.1, 0.15) is 29.8 Å². The van der Waals surface area contributed by atoms with Gasteiger partial charge in [0.05, 0.1) is 29.7 Å². The number of sulfonamides is 1. The Bertz CT molecular complexity index is 1410. The number of para-hydroxylation sites is 1. The molecular weight excluding hydrogens is 498 g/mol. The molecule has 3 aromatic rings. The van der Waals surface area contributed by atoms with Gasteiger partial charge in [-0.05, 0) is 48.5 Å². The molecular formula is C26H23N3O7S. The molecule has 37 heavy (non-hydrogen) atoms. The van der Waals surface area contributed by atoms with E-state index in [-0.39, 0.29) is 23.7 Å². The molecule has 190 valence electrons. The molecule has 2 heterocycles. The summed E-state index contributed by atoms with van der Waals surface area (Å²) in [6.07, 6.45) is -2.68. The molecule has 2 fully saturated rings. The number of ether oxygens (including phenoxy) is 4. The average molecular weight is 522 g/mol. The number of fused-ring (bicyclic) bond motifs is 1. The number of nitriles is 1. The summed E-state index contributed by atoms with van der Waals surface area (Å²) in [6, 6.07) is 23.2. The van der Waals surface area contributed by atoms with Crippen LogP contribution in [0.3, 0.4) is 0 Å². The monoisotopic (exact) mass is 521 g/mol. The topological polar surface area (TPSA) is 136 Å². The highest BCUT2D eigenvalue weighted by atomic mass is 32.2. The first-order valence-electron chi connectivity index (χ1n) is 11.5. The fourth-order valence-electron chi connectivity index (χ4n) is 4.24. The number of nitrogens with one attached hydrogen (secondary N) is 2. The van der Waals surface area contributed by atoms with Gasteiger partial charge < -0.3 is 18.9 Å². The van der Waals surface area contributed by atoms with Gasteiger partial charge in [-0.25, -0.2) is 17.9 Å². The zero-order valence-corrected chi connectivity index (χ0v) is 20.3. The maximum Gasteiger partial charge on any atom is 0.412 e. The Balaban J connectivity index is 1.15. The second kappa shape index (κ2) is 10.6. The van der Waals surface area contributed by atoms with E-state index in [9.17, 15) is 18.5 Å². The molecule has 5 rings (SSSR count). The molecule has 11 heteroatoms. The van der Waals surface area contributed by atoms with E-state index in [0.717, 1.165) is 0 Å². The third-order valence-electron chi connectivity index (χ3n) is 5.95. The van der Waals surface area contributed by atoms with Crippen LogP contribution in [-0.2, 0) is 24.2 Å². The van der Waals surface area contributed by atoms with E-state index in [4.69, 9.17) is 18.9 Å². The zero-order valence-electron chi connectivity index (χ0n) is 19.4. The second-order valence-corrected chi connectivity index (χ2v) is 10.1. The standard InChI is InChI=1S/C26H23N3O7S/c27-14-17-6-4-5-9-23(17)37(31,32)29-21-15-33-25-22(16-34-24(21)25)36-26(30)28-18-10-12-20(13-11-18)35-19-7-2-1-3-8-19/h1-13,21-22,24-25,29H,15-16H2,(H,28,30)/t21-,22+,24+,25+/m0/s1. The lowest BCUT2D eigenvalue weighted by atomic mass is 10.1. The van der Waals surface area contributed by atoms with Gasteiger partial charge in [-0.1, -0.05) is 30.3 Å². The van der Waals surface area contributed by atoms with Crippen molar-refractivity contribution in [2.75, 3.05) is 18.5 Å². The first kappa shape index (κ1) is 24.7. The Kier molecular flexibility index (Phi) is 7.07. The van der Waals surface area contributed by atoms with Crippen LogP contribution in [0.2, 0.25) is 0 Å². The Morgan fingerprint density at radius 3 is 2.32 bits per heavy atom. The smallest absolute Gasteiger partial charge is 0.412 e. The molecule has 0 spiro atoms. The summed E-state index contributed by atoms with van der Waals surface area (Å²) < 4.78 is 51.0. The van der Waals surface area contributed by atoms with Crippen molar-refractivity contribution in [3.63, 3.8) is 0 Å². The van der Waals surface area contributed by atoms with Crippen molar-refractivity contribution in [1.82, 2.24) is 4.72 Å². The van der Waals surface area contributed by atoms with Gasteiger partial charge in [-0.2, -0.15) is 5.26 Å². The number of carbonyl (C=O) groups is 1. The SMILES string of the molecule is N#Cc1ccccc1S(=O)(=O)N[C@H]1CO[C@H]2[C@@H]1OC[C@H]2OC(=O)Nc1ccc(Oc2ccccc2)cc1. The lowest BCUT2D eigenvalue weighted by Crippen LogP contribution is -2.44. The molecule has 2 saturated heterocycles. The van der Waals surface area contributed by atoms with Crippen LogP contribution in [0, 0.1) is 11.3 Å². The number of amides is 1. The van der Waals surface area contributed by atoms with Gasteiger partial charge in [0.25, 0.3) is 0 Å². The van der Waals surface area contributed by atoms with Gasteiger partial charge in [0, 0.05) is 5.69 Å². The average Bonchev–Trinajstić information content (AvgIpc) is 3.48. The molecule has 1 amide bonds. The van der Waals surface area contributed by atoms with Crippen LogP contribution >= 0.6 is 0 Å². The van der Waals surface area contributed by atoms with Gasteiger partial charge in [-0.3, -0.25) is 5.32 Å². The van der Waals surface area contributed by atoms with Crippen LogP contribution in [0.5, 0.6) is 11.5 Å². The van der Waals surface area contributed by atoms with Crippen molar-refractivity contribution in [3.05, 3.63) is 84.4 Å². The van der Waals surface area contributed by atoms with E-state index in [1.54, 1.807) is 36.4 Å². The second-order valence-electron chi connectivity index (χ2n) is 8.44. The quantitative estimate of drug-likeness (QED) is 0.483. The van der Waals surface area contributed by atoms with Crippen LogP contribution in [-0.4, -0.2) is 52.1 Å². The Morgan fingerprint density at radius 1 is 0.892 bits per heavy atom. The number of rotatable bonds is 7. The van der Waals surface area contributed by atoms with Gasteiger partial charge in [0.2, 0.25) is 10.0 Å². The maximum atomic E-state index is 12.9. The van der Waals surface area contributed by atoms with E-state index in [2.05, 4.69) is 10.0 Å². The fourth-order valence-corrected chi connectivity index (χ4v) is 5.63. The van der Waals surface area contributed by atoms with Gasteiger partial charge >= 0.3 is 6.09 Å². The highest BCUT2D eigenvalue weighted by Crippen LogP contribution is 2.30. The molecule has 0 saturated carbocycles. The summed E-state index contributed by atoms with van der Waals surface area (Å²) >= 11 is 0. The third kappa shape index (κ3) is 5.58. The Labute approximate surface area is 213 Å². The van der Waals surface area contributed by atoms with E-state index in [0.29, 0.717) is 17.2 Å². The molecule has 2 aliphatic rings. The van der Waals surface area contributed by atoms with Crippen LogP contribution in [0.15, 0.2) is 83.8 Å². The van der Waals surface area contributed by atoms with Gasteiger partial charge in [0.15, 0.2) is 6.10 Å². The largest absolute Gasteiger partial charge is 0.457 e. The number of nitrogens with zero attached hydrogens (tertiary/aromatic N) is 1. The summed E-state index contributed by atoms with van der Waals surface area (Å²) in [5, 5.41) is 11.9. The lowest BCUT2D eigenvalue weighted by molar-refractivity contribution is 0.00883. The summed E-state index contributed by atoms with van der Waals surface area (Å²) in [6.45, 7) is 0.0905. The van der Waals surface area contributed by atoms with Crippen LogP contribution in [0.1, 0.15) is 5.56 Å². The number of hydrogen-bond acceptors (Lipinski definition) is 8. The fraction of sp³-hybridized carbons (Fsp3) is 0.231. The minimum atomic E-state index is -3.99. The molecule has 0 bridgehead atoms. The number of anilines is 1. The van der Waals surface area contributed by atoms with E-state index in [1.807, 2.05) is 36.4 Å². The third-order valence-corrected chi connectivity index (χ3v) is 7.50. The minimum absolute atomic E-state index is 0.0354. The Hall–Kier alpha value is -3.95. The van der Waals surface area contributed by atoms with Crippen molar-refractivity contribution in [3.8, 4) is 17.6 Å². The highest BCUT2D eigenvalue weighted by molar-refractivity contribution is 7.89. The minimum Gasteiger partial charge on any atom is -0.457 e. The van der Waals surface area contributed by atoms with Crippen molar-refractivity contribution < 1.29 is 32.2 Å². The molecule has 4 atom stereocenters. The van der Waals surface area contributed by atoms with Crippen molar-refractivity contribution in [2.24, 2.45) is 0 Å². The molecule has 3 aromatic carbocycles.